The molecule has 0 aromatic heterocycles. The third-order valence-corrected chi connectivity index (χ3v) is 4.75. The van der Waals surface area contributed by atoms with Gasteiger partial charge in [0.25, 0.3) is 0 Å². The molecule has 0 aromatic carbocycles. The van der Waals surface area contributed by atoms with Crippen molar-refractivity contribution in [2.45, 2.75) is 64.2 Å². The summed E-state index contributed by atoms with van der Waals surface area (Å²) in [6.45, 7) is 5.78. The molecule has 1 unspecified atom stereocenters. The zero-order chi connectivity index (χ0) is 20.2. The van der Waals surface area contributed by atoms with E-state index in [-0.39, 0.29) is 31.3 Å². The van der Waals surface area contributed by atoms with E-state index >= 15 is 0 Å². The molecule has 2 amide bonds. The largest absolute Gasteiger partial charge is 0.467 e. The summed E-state index contributed by atoms with van der Waals surface area (Å²) in [6.07, 6.45) is 3.15. The Morgan fingerprint density at radius 1 is 1.33 bits per heavy atom. The van der Waals surface area contributed by atoms with E-state index in [1.807, 2.05) is 6.08 Å². The van der Waals surface area contributed by atoms with Gasteiger partial charge < -0.3 is 24.8 Å². The smallest absolute Gasteiger partial charge is 0.407 e. The first kappa shape index (κ1) is 21.2. The Kier molecular flexibility index (Phi) is 6.86. The van der Waals surface area contributed by atoms with Gasteiger partial charge in [-0.15, -0.1) is 0 Å². The van der Waals surface area contributed by atoms with E-state index < -0.39 is 29.8 Å². The fourth-order valence-electron chi connectivity index (χ4n) is 3.59. The number of carbonyl (C=O) groups excluding carboxylic acids is 3. The molecule has 0 radical (unpaired) electrons. The average Bonchev–Trinajstić information content (AvgIpc) is 3.18. The second-order valence-electron chi connectivity index (χ2n) is 8.03. The van der Waals surface area contributed by atoms with Crippen LogP contribution in [0.1, 0.15) is 46.5 Å². The summed E-state index contributed by atoms with van der Waals surface area (Å²) < 4.78 is 9.95. The highest BCUT2D eigenvalue weighted by Crippen LogP contribution is 2.34. The minimum absolute atomic E-state index is 0.137. The molecule has 2 aliphatic rings. The lowest BCUT2D eigenvalue weighted by Crippen LogP contribution is -2.44. The molecular weight excluding hydrogens is 352 g/mol. The molecule has 8 nitrogen and oxygen atoms in total. The van der Waals surface area contributed by atoms with Crippen molar-refractivity contribution >= 4 is 18.0 Å². The summed E-state index contributed by atoms with van der Waals surface area (Å²) in [6, 6.07) is -0.737. The number of aliphatic hydroxyl groups excluding tert-OH is 1. The Balaban J connectivity index is 1.99. The van der Waals surface area contributed by atoms with Crippen molar-refractivity contribution in [3.8, 4) is 0 Å². The van der Waals surface area contributed by atoms with Gasteiger partial charge in [0.2, 0.25) is 5.91 Å². The number of amides is 2. The van der Waals surface area contributed by atoms with Crippen LogP contribution in [0.3, 0.4) is 0 Å². The molecule has 1 heterocycles. The van der Waals surface area contributed by atoms with Crippen molar-refractivity contribution in [1.82, 2.24) is 10.2 Å². The summed E-state index contributed by atoms with van der Waals surface area (Å²) in [5, 5.41) is 12.6. The first-order valence-electron chi connectivity index (χ1n) is 9.34. The maximum Gasteiger partial charge on any atom is 0.407 e. The van der Waals surface area contributed by atoms with Crippen LogP contribution in [-0.2, 0) is 19.1 Å². The van der Waals surface area contributed by atoms with Crippen LogP contribution < -0.4 is 5.32 Å². The van der Waals surface area contributed by atoms with Crippen LogP contribution >= 0.6 is 0 Å². The second-order valence-corrected chi connectivity index (χ2v) is 8.03. The minimum atomic E-state index is -0.737. The molecular formula is C19H30N2O6. The third-order valence-electron chi connectivity index (χ3n) is 4.75. The van der Waals surface area contributed by atoms with Gasteiger partial charge in [-0.25, -0.2) is 9.59 Å². The van der Waals surface area contributed by atoms with Crippen LogP contribution in [0.5, 0.6) is 0 Å². The Morgan fingerprint density at radius 3 is 2.67 bits per heavy atom. The van der Waals surface area contributed by atoms with Crippen molar-refractivity contribution in [1.29, 1.82) is 0 Å². The van der Waals surface area contributed by atoms with Crippen LogP contribution in [0.4, 0.5) is 4.79 Å². The van der Waals surface area contributed by atoms with Crippen molar-refractivity contribution in [3.63, 3.8) is 0 Å². The first-order valence-corrected chi connectivity index (χ1v) is 9.34. The summed E-state index contributed by atoms with van der Waals surface area (Å²) in [4.78, 5) is 38.1. The number of β-amino-alcohol motifs (C(OH)–C–C–N with tert-alkyl or cyclic N) is 1. The second kappa shape index (κ2) is 8.73. The van der Waals surface area contributed by atoms with E-state index in [1.54, 1.807) is 20.8 Å². The zero-order valence-electron chi connectivity index (χ0n) is 16.5. The van der Waals surface area contributed by atoms with Crippen LogP contribution in [0.2, 0.25) is 0 Å². The number of esters is 1. The number of hydrogen-bond donors (Lipinski definition) is 2. The predicted molar refractivity (Wildman–Crippen MR) is 97.8 cm³/mol. The van der Waals surface area contributed by atoms with Crippen molar-refractivity contribution < 1.29 is 29.0 Å². The summed E-state index contributed by atoms with van der Waals surface area (Å²) in [7, 11) is 1.28. The van der Waals surface area contributed by atoms with E-state index in [9.17, 15) is 19.5 Å². The Hall–Kier alpha value is -2.09. The number of rotatable bonds is 4. The monoisotopic (exact) mass is 382 g/mol. The van der Waals surface area contributed by atoms with E-state index in [0.717, 1.165) is 18.4 Å². The number of likely N-dealkylation sites (tertiary alicyclic amines) is 1. The Bertz CT molecular complexity index is 610. The lowest BCUT2D eigenvalue weighted by Gasteiger charge is -2.26. The summed E-state index contributed by atoms with van der Waals surface area (Å²) in [5.41, 5.74) is 0.379. The third kappa shape index (κ3) is 5.69. The number of nitrogens with one attached hydrogen (secondary N) is 1. The highest BCUT2D eigenvalue weighted by Gasteiger charge is 2.43. The molecule has 1 saturated carbocycles. The maximum absolute atomic E-state index is 13.0. The lowest BCUT2D eigenvalue weighted by atomic mass is 10.00. The molecule has 2 rings (SSSR count). The molecule has 0 bridgehead atoms. The maximum atomic E-state index is 13.0. The fourth-order valence-corrected chi connectivity index (χ4v) is 3.59. The fraction of sp³-hybridized carbons (Fsp3) is 0.737. The molecule has 1 aliphatic carbocycles. The molecule has 0 spiro atoms. The quantitative estimate of drug-likeness (QED) is 0.562. The Morgan fingerprint density at radius 2 is 2.04 bits per heavy atom. The number of ether oxygens (including phenoxy) is 2. The summed E-state index contributed by atoms with van der Waals surface area (Å²) in [5.74, 6) is -0.999. The molecule has 0 aromatic rings. The molecule has 1 saturated heterocycles. The number of alkyl carbamates (subject to hydrolysis) is 1. The molecule has 2 fully saturated rings. The first-order chi connectivity index (χ1) is 12.6. The van der Waals surface area contributed by atoms with Gasteiger partial charge in [-0.3, -0.25) is 4.79 Å². The predicted octanol–water partition coefficient (Wildman–Crippen LogP) is 1.37. The van der Waals surface area contributed by atoms with Gasteiger partial charge in [-0.1, -0.05) is 11.6 Å². The lowest BCUT2D eigenvalue weighted by molar-refractivity contribution is -0.151. The van der Waals surface area contributed by atoms with Crippen LogP contribution in [-0.4, -0.2) is 65.9 Å². The van der Waals surface area contributed by atoms with Gasteiger partial charge in [0.1, 0.15) is 11.6 Å². The minimum Gasteiger partial charge on any atom is -0.467 e. The van der Waals surface area contributed by atoms with Crippen molar-refractivity contribution in [2.75, 3.05) is 20.2 Å². The standard InChI is InChI=1S/C19H30N2O6/c1-19(2,3)27-18(25)20-9-8-12-6-5-7-14(12)16(23)21-11-13(22)10-15(21)17(24)26-4/h8,13-15,22H,5-7,9-11H2,1-4H3,(H,20,25)/t13-,14?,15+/m1/s1. The SMILES string of the molecule is COC(=O)[C@@H]1C[C@@H](O)CN1C(=O)C1CCCC1=CCNC(=O)OC(C)(C)C. The number of nitrogens with zero attached hydrogens (tertiary/aromatic N) is 1. The van der Waals surface area contributed by atoms with E-state index in [1.165, 1.54) is 12.0 Å². The van der Waals surface area contributed by atoms with Crippen LogP contribution in [0.15, 0.2) is 11.6 Å². The van der Waals surface area contributed by atoms with Gasteiger partial charge in [-0.05, 0) is 40.0 Å². The van der Waals surface area contributed by atoms with Crippen molar-refractivity contribution in [3.05, 3.63) is 11.6 Å². The van der Waals surface area contributed by atoms with Gasteiger partial charge in [0.15, 0.2) is 0 Å². The van der Waals surface area contributed by atoms with Crippen molar-refractivity contribution in [2.24, 2.45) is 5.92 Å². The Labute approximate surface area is 159 Å². The van der Waals surface area contributed by atoms with E-state index in [0.29, 0.717) is 6.42 Å². The number of aliphatic hydroxyl groups is 1. The average molecular weight is 382 g/mol. The van der Waals surface area contributed by atoms with Gasteiger partial charge in [-0.2, -0.15) is 0 Å². The zero-order valence-corrected chi connectivity index (χ0v) is 16.5. The van der Waals surface area contributed by atoms with Gasteiger partial charge in [0.05, 0.1) is 19.1 Å². The van der Waals surface area contributed by atoms with Crippen LogP contribution in [0.25, 0.3) is 0 Å². The highest BCUT2D eigenvalue weighted by atomic mass is 16.6. The summed E-state index contributed by atoms with van der Waals surface area (Å²) >= 11 is 0. The number of methoxy groups -OCH3 is 1. The van der Waals surface area contributed by atoms with E-state index in [4.69, 9.17) is 9.47 Å². The van der Waals surface area contributed by atoms with Gasteiger partial charge >= 0.3 is 12.1 Å². The normalized spacial score (nSPS) is 26.9. The number of carbonyl (C=O) groups is 3. The van der Waals surface area contributed by atoms with Crippen LogP contribution in [0, 0.1) is 5.92 Å². The van der Waals surface area contributed by atoms with E-state index in [2.05, 4.69) is 5.32 Å². The highest BCUT2D eigenvalue weighted by molar-refractivity contribution is 5.88. The molecule has 2 N–H and O–H groups in total. The molecule has 8 heteroatoms. The molecule has 27 heavy (non-hydrogen) atoms. The molecule has 1 aliphatic heterocycles. The topological polar surface area (TPSA) is 105 Å². The molecule has 152 valence electrons. The number of hydrogen-bond acceptors (Lipinski definition) is 6. The molecule has 3 atom stereocenters. The van der Waals surface area contributed by atoms with Gasteiger partial charge in [0, 0.05) is 19.5 Å².